The van der Waals surface area contributed by atoms with E-state index in [1.54, 1.807) is 30.3 Å². The van der Waals surface area contributed by atoms with Gasteiger partial charge in [-0.2, -0.15) is 8.88 Å². The average molecular weight is 1020 g/mol. The van der Waals surface area contributed by atoms with E-state index in [1.807, 2.05) is 96.4 Å². The van der Waals surface area contributed by atoms with Crippen LogP contribution in [0.4, 0.5) is 17.1 Å². The smallest absolute Gasteiger partial charge is 0.352 e. The molecule has 20 heteroatoms. The van der Waals surface area contributed by atoms with Gasteiger partial charge < -0.3 is 29.6 Å². The number of carbonyl (C=O) groups excluding carboxylic acids is 3. The number of nitrogens with zero attached hydrogens (tertiary/aromatic N) is 5. The van der Waals surface area contributed by atoms with E-state index in [0.717, 1.165) is 31.6 Å². The number of fused-ring (bicyclic) bond motifs is 4. The fraction of sp³-hybridized carbons (Fsp3) is 0.220. The number of aliphatic carboxylic acids is 1. The lowest BCUT2D eigenvalue weighted by Gasteiger charge is -2.50. The minimum absolute atomic E-state index is 0.0181. The van der Waals surface area contributed by atoms with E-state index in [-0.39, 0.29) is 46.6 Å². The van der Waals surface area contributed by atoms with E-state index < -0.39 is 58.1 Å². The van der Waals surface area contributed by atoms with E-state index >= 15 is 0 Å². The molecule has 0 bridgehead atoms. The molecule has 0 unspecified atom stereocenters. The number of ether oxygens (including phenoxy) is 1. The summed E-state index contributed by atoms with van der Waals surface area (Å²) in [5, 5.41) is 24.3. The van der Waals surface area contributed by atoms with Crippen LogP contribution in [0.3, 0.4) is 0 Å². The summed E-state index contributed by atoms with van der Waals surface area (Å²) < 4.78 is 45.3. The molecule has 70 heavy (non-hydrogen) atoms. The van der Waals surface area contributed by atoms with Gasteiger partial charge in [-0.15, -0.1) is 11.8 Å². The first kappa shape index (κ1) is 47.0. The molecule has 3 N–H and O–H groups in total. The molecule has 0 saturated carbocycles. The van der Waals surface area contributed by atoms with Gasteiger partial charge in [0.25, 0.3) is 11.8 Å². The van der Waals surface area contributed by atoms with Gasteiger partial charge in [-0.05, 0) is 54.1 Å². The summed E-state index contributed by atoms with van der Waals surface area (Å²) >= 11 is 14.4. The van der Waals surface area contributed by atoms with Crippen LogP contribution in [0, 0.1) is 0 Å². The molecular formula is C50H43Cl2N6O10S2+. The van der Waals surface area contributed by atoms with Crippen LogP contribution >= 0.6 is 35.0 Å². The number of carboxylic acids is 1. The predicted molar refractivity (Wildman–Crippen MR) is 265 cm³/mol. The Labute approximate surface area is 415 Å². The molecule has 0 radical (unpaired) electrons. The Hall–Kier alpha value is -6.67. The molecule has 10 rings (SSSR count). The molecule has 16 nitrogen and oxygen atoms in total. The molecule has 0 aromatic heterocycles. The van der Waals surface area contributed by atoms with Crippen molar-refractivity contribution in [3.05, 3.63) is 148 Å². The van der Waals surface area contributed by atoms with Gasteiger partial charge >= 0.3 is 5.97 Å². The van der Waals surface area contributed by atoms with Gasteiger partial charge in [-0.3, -0.25) is 24.2 Å². The van der Waals surface area contributed by atoms with Crippen LogP contribution in [0.15, 0.2) is 142 Å². The van der Waals surface area contributed by atoms with Crippen LogP contribution in [0.2, 0.25) is 10.0 Å². The third kappa shape index (κ3) is 7.88. The Morgan fingerprint density at radius 2 is 1.67 bits per heavy atom. The van der Waals surface area contributed by atoms with Crippen LogP contribution in [-0.2, 0) is 33.9 Å². The SMILES string of the molecule is CN(c1ccc2c(-c3ccccc3S(=O)(=O)N(C)CC3=C(C(=O)O)N4C(=O)[C@@H](NC(=O)[C@H]5/C(=C/CO)O[C@@H]6CC(=O)N65)[C@H]4SC3)c3ccc(=[N+](C)c4ccccc4Cl)cc-3oc2c1)c1ccccc1Cl. The van der Waals surface area contributed by atoms with Crippen molar-refractivity contribution in [2.24, 2.45) is 0 Å². The number of sulfonamides is 1. The summed E-state index contributed by atoms with van der Waals surface area (Å²) in [6, 6.07) is 30.4. The van der Waals surface area contributed by atoms with Crippen molar-refractivity contribution in [1.29, 1.82) is 0 Å². The zero-order valence-corrected chi connectivity index (χ0v) is 40.7. The van der Waals surface area contributed by atoms with Crippen molar-refractivity contribution in [1.82, 2.24) is 24.0 Å². The largest absolute Gasteiger partial charge is 0.477 e. The summed E-state index contributed by atoms with van der Waals surface area (Å²) in [4.78, 5) is 56.7. The van der Waals surface area contributed by atoms with Crippen LogP contribution < -0.4 is 20.1 Å². The fourth-order valence-corrected chi connectivity index (χ4v) is 12.7. The van der Waals surface area contributed by atoms with Gasteiger partial charge in [0, 0.05) is 72.4 Å². The number of aliphatic hydroxyl groups is 1. The van der Waals surface area contributed by atoms with Gasteiger partial charge in [0.2, 0.25) is 27.0 Å². The molecule has 3 amide bonds. The zero-order valence-electron chi connectivity index (χ0n) is 37.6. The molecule has 5 aliphatic heterocycles. The number of amides is 3. The number of carboxylic acid groups (broad SMARTS) is 1. The number of likely N-dealkylation sites (N-methyl/N-ethyl adjacent to an activating group) is 1. The number of benzene rings is 5. The average Bonchev–Trinajstić information content (AvgIpc) is 3.65. The summed E-state index contributed by atoms with van der Waals surface area (Å²) in [6.07, 6.45) is 0.683. The van der Waals surface area contributed by atoms with Gasteiger partial charge in [-0.1, -0.05) is 65.7 Å². The molecule has 4 aromatic rings. The highest BCUT2D eigenvalue weighted by Gasteiger charge is 2.58. The Morgan fingerprint density at radius 3 is 2.40 bits per heavy atom. The molecule has 5 heterocycles. The van der Waals surface area contributed by atoms with Crippen LogP contribution in [-0.4, -0.2) is 120 Å². The van der Waals surface area contributed by atoms with Gasteiger partial charge in [0.05, 0.1) is 34.7 Å². The van der Waals surface area contributed by atoms with Crippen molar-refractivity contribution in [3.8, 4) is 22.5 Å². The van der Waals surface area contributed by atoms with Crippen molar-refractivity contribution in [3.63, 3.8) is 0 Å². The molecule has 4 aromatic carbocycles. The Kier molecular flexibility index (Phi) is 12.3. The van der Waals surface area contributed by atoms with E-state index in [2.05, 4.69) is 5.32 Å². The number of aliphatic hydroxyl groups excluding tert-OH is 1. The van der Waals surface area contributed by atoms with Crippen LogP contribution in [0.25, 0.3) is 33.4 Å². The lowest BCUT2D eigenvalue weighted by molar-refractivity contribution is -0.160. The number of hydrogen-bond acceptors (Lipinski definition) is 11. The van der Waals surface area contributed by atoms with Crippen molar-refractivity contribution in [2.45, 2.75) is 35.0 Å². The molecular weight excluding hydrogens is 980 g/mol. The molecule has 0 spiro atoms. The first-order valence-electron chi connectivity index (χ1n) is 21.9. The van der Waals surface area contributed by atoms with Crippen molar-refractivity contribution in [2.75, 3.05) is 44.9 Å². The molecule has 4 atom stereocenters. The number of halogens is 2. The van der Waals surface area contributed by atoms with Crippen LogP contribution in [0.5, 0.6) is 0 Å². The zero-order chi connectivity index (χ0) is 49.3. The van der Waals surface area contributed by atoms with Crippen molar-refractivity contribution >= 4 is 96.7 Å². The predicted octanol–water partition coefficient (Wildman–Crippen LogP) is 6.21. The number of hydrogen-bond donors (Lipinski definition) is 3. The van der Waals surface area contributed by atoms with E-state index in [1.165, 1.54) is 35.9 Å². The highest BCUT2D eigenvalue weighted by atomic mass is 35.5. The second-order valence-electron chi connectivity index (χ2n) is 17.0. The highest BCUT2D eigenvalue weighted by molar-refractivity contribution is 8.00. The number of rotatable bonds is 12. The minimum Gasteiger partial charge on any atom is -0.477 e. The fourth-order valence-electron chi connectivity index (χ4n) is 9.43. The lowest BCUT2D eigenvalue weighted by atomic mass is 9.93. The van der Waals surface area contributed by atoms with E-state index in [9.17, 15) is 37.8 Å². The van der Waals surface area contributed by atoms with Gasteiger partial charge in [-0.25, -0.2) is 13.2 Å². The third-order valence-electron chi connectivity index (χ3n) is 13.0. The molecule has 3 fully saturated rings. The molecule has 358 valence electrons. The second-order valence-corrected chi connectivity index (χ2v) is 21.0. The monoisotopic (exact) mass is 1020 g/mol. The maximum atomic E-state index is 15.0. The third-order valence-corrected chi connectivity index (χ3v) is 16.8. The Bertz CT molecular complexity index is 3430. The van der Waals surface area contributed by atoms with Gasteiger partial charge in [0.15, 0.2) is 12.3 Å². The molecule has 1 aliphatic carbocycles. The summed E-state index contributed by atoms with van der Waals surface area (Å²) in [5.74, 6) is -2.66. The standard InChI is InChI=1S/C50H42Cl2N6O10S2/c1-54(25-27-26-69-49-44(48(62)58(49)45(27)50(63)64)53-47(61)46-37(20-21-59)68-42-24-41(60)57(42)46)70(65,66)40-15-9-4-10-32(40)43-30-18-16-28(55(2)35-13-7-5-11-33(35)51)22-38(30)67-39-23-29(17-19-31(39)43)56(3)36-14-8-6-12-34(36)52/h4-20,22-23,42,44,46,49,59H,21,24-26H2,1-3H3,(H-,53,61,63,64)/p+1/b37-20-/t42-,44-,46-,49-/m1/s1. The van der Waals surface area contributed by atoms with Crippen LogP contribution in [0.1, 0.15) is 6.42 Å². The highest BCUT2D eigenvalue weighted by Crippen LogP contribution is 2.46. The summed E-state index contributed by atoms with van der Waals surface area (Å²) in [6.45, 7) is -0.827. The molecule has 3 saturated heterocycles. The summed E-state index contributed by atoms with van der Waals surface area (Å²) in [5.41, 5.74) is 4.05. The quantitative estimate of drug-likeness (QED) is 0.0715. The van der Waals surface area contributed by atoms with Crippen molar-refractivity contribution < 1.29 is 47.0 Å². The minimum atomic E-state index is -4.42. The summed E-state index contributed by atoms with van der Waals surface area (Å²) in [7, 11) is 0.704. The maximum absolute atomic E-state index is 15.0. The van der Waals surface area contributed by atoms with E-state index in [4.69, 9.17) is 32.4 Å². The number of para-hydroxylation sites is 2. The Morgan fingerprint density at radius 1 is 0.943 bits per heavy atom. The first-order valence-corrected chi connectivity index (χ1v) is 25.2. The topological polar surface area (TPSA) is 193 Å². The normalized spacial score (nSPS) is 20.8. The Balaban J connectivity index is 1.00. The second kappa shape index (κ2) is 18.3. The number of anilines is 2. The first-order chi connectivity index (χ1) is 33.6. The lowest BCUT2D eigenvalue weighted by Crippen LogP contribution is -2.72. The number of carbonyl (C=O) groups is 4. The number of thioether (sulfide) groups is 1. The number of β-lactam (4-membered cyclic amide) rings is 2. The number of nitrogens with one attached hydrogen (secondary N) is 1. The molecule has 6 aliphatic rings. The van der Waals surface area contributed by atoms with E-state index in [0.29, 0.717) is 43.5 Å². The maximum Gasteiger partial charge on any atom is 0.352 e. The van der Waals surface area contributed by atoms with Gasteiger partial charge in [0.1, 0.15) is 46.3 Å².